The monoisotopic (exact) mass is 139 g/mol. The molecule has 1 aliphatic heterocycles. The number of hydrogen-bond donors (Lipinski definition) is 1. The molecule has 1 unspecified atom stereocenters. The Morgan fingerprint density at radius 1 is 1.50 bits per heavy atom. The van der Waals surface area contributed by atoms with E-state index in [4.69, 9.17) is 0 Å². The Bertz CT molecular complexity index is 121. The molecule has 1 saturated heterocycles. The molecule has 0 aromatic heterocycles. The second-order valence-corrected chi connectivity index (χ2v) is 4.38. The van der Waals surface area contributed by atoms with Crippen molar-refractivity contribution < 1.29 is 0 Å². The summed E-state index contributed by atoms with van der Waals surface area (Å²) in [5.74, 6) is 1.10. The van der Waals surface area contributed by atoms with Crippen LogP contribution in [0.2, 0.25) is 0 Å². The molecule has 1 aliphatic carbocycles. The molecule has 0 aromatic carbocycles. The maximum Gasteiger partial charge on any atom is 0.000574 e. The summed E-state index contributed by atoms with van der Waals surface area (Å²) < 4.78 is 0. The van der Waals surface area contributed by atoms with Gasteiger partial charge in [0.2, 0.25) is 0 Å². The highest BCUT2D eigenvalue weighted by molar-refractivity contribution is 4.89. The van der Waals surface area contributed by atoms with Crippen LogP contribution in [0.5, 0.6) is 0 Å². The van der Waals surface area contributed by atoms with Crippen LogP contribution in [-0.4, -0.2) is 13.1 Å². The van der Waals surface area contributed by atoms with E-state index in [0.29, 0.717) is 5.41 Å². The van der Waals surface area contributed by atoms with E-state index in [0.717, 1.165) is 5.92 Å². The van der Waals surface area contributed by atoms with Gasteiger partial charge in [0.25, 0.3) is 0 Å². The first-order valence-electron chi connectivity index (χ1n) is 4.49. The fraction of sp³-hybridized carbons (Fsp3) is 1.00. The first-order chi connectivity index (χ1) is 4.79. The second kappa shape index (κ2) is 2.23. The molecule has 1 N–H and O–H groups in total. The number of hydrogen-bond acceptors (Lipinski definition) is 1. The number of rotatable bonds is 2. The zero-order valence-electron chi connectivity index (χ0n) is 6.82. The van der Waals surface area contributed by atoms with Crippen molar-refractivity contribution in [2.75, 3.05) is 13.1 Å². The van der Waals surface area contributed by atoms with Crippen molar-refractivity contribution in [3.63, 3.8) is 0 Å². The van der Waals surface area contributed by atoms with Crippen LogP contribution in [0, 0.1) is 11.3 Å². The van der Waals surface area contributed by atoms with E-state index in [2.05, 4.69) is 12.2 Å². The van der Waals surface area contributed by atoms with Gasteiger partial charge in [0.15, 0.2) is 0 Å². The Kier molecular flexibility index (Phi) is 1.48. The van der Waals surface area contributed by atoms with Gasteiger partial charge in [0.1, 0.15) is 0 Å². The molecule has 1 nitrogen and oxygen atoms in total. The molecule has 2 rings (SSSR count). The summed E-state index contributed by atoms with van der Waals surface area (Å²) in [6.07, 6.45) is 5.91. The Balaban J connectivity index is 1.86. The minimum atomic E-state index is 0.668. The highest BCUT2D eigenvalue weighted by Crippen LogP contribution is 2.42. The van der Waals surface area contributed by atoms with Crippen molar-refractivity contribution in [3.05, 3.63) is 0 Å². The van der Waals surface area contributed by atoms with E-state index in [1.54, 1.807) is 0 Å². The van der Waals surface area contributed by atoms with E-state index in [1.165, 1.54) is 38.8 Å². The maximum atomic E-state index is 3.45. The van der Waals surface area contributed by atoms with Crippen LogP contribution in [0.3, 0.4) is 0 Å². The number of nitrogens with one attached hydrogen (secondary N) is 1. The van der Waals surface area contributed by atoms with Crippen LogP contribution in [-0.2, 0) is 0 Å². The highest BCUT2D eigenvalue weighted by Gasteiger charge is 2.35. The molecule has 0 amide bonds. The Morgan fingerprint density at radius 3 is 2.80 bits per heavy atom. The van der Waals surface area contributed by atoms with Gasteiger partial charge in [0.05, 0.1) is 0 Å². The molecular weight excluding hydrogens is 122 g/mol. The first-order valence-corrected chi connectivity index (χ1v) is 4.49. The summed E-state index contributed by atoms with van der Waals surface area (Å²) in [6.45, 7) is 4.96. The lowest BCUT2D eigenvalue weighted by Crippen LogP contribution is -2.20. The van der Waals surface area contributed by atoms with Crippen molar-refractivity contribution >= 4 is 0 Å². The Morgan fingerprint density at radius 2 is 2.30 bits per heavy atom. The van der Waals surface area contributed by atoms with Gasteiger partial charge < -0.3 is 5.32 Å². The quantitative estimate of drug-likeness (QED) is 0.615. The second-order valence-electron chi connectivity index (χ2n) is 4.38. The summed E-state index contributed by atoms with van der Waals surface area (Å²) >= 11 is 0. The van der Waals surface area contributed by atoms with Crippen LogP contribution < -0.4 is 5.32 Å². The third-order valence-electron chi connectivity index (χ3n) is 2.94. The predicted octanol–water partition coefficient (Wildman–Crippen LogP) is 1.79. The molecule has 0 bridgehead atoms. The van der Waals surface area contributed by atoms with Crippen LogP contribution in [0.25, 0.3) is 0 Å². The minimum absolute atomic E-state index is 0.668. The summed E-state index contributed by atoms with van der Waals surface area (Å²) in [7, 11) is 0. The van der Waals surface area contributed by atoms with E-state index < -0.39 is 0 Å². The highest BCUT2D eigenvalue weighted by atomic mass is 14.9. The lowest BCUT2D eigenvalue weighted by atomic mass is 9.84. The topological polar surface area (TPSA) is 12.0 Å². The molecule has 0 spiro atoms. The van der Waals surface area contributed by atoms with E-state index in [9.17, 15) is 0 Å². The smallest absolute Gasteiger partial charge is 0.000574 e. The van der Waals surface area contributed by atoms with Crippen molar-refractivity contribution in [2.45, 2.75) is 32.6 Å². The van der Waals surface area contributed by atoms with E-state index >= 15 is 0 Å². The minimum Gasteiger partial charge on any atom is -0.316 e. The van der Waals surface area contributed by atoms with Crippen LogP contribution in [0.15, 0.2) is 0 Å². The standard InChI is InChI=1S/C9H17N/c1-9(4-5-10-7-9)6-8-2-3-8/h8,10H,2-7H2,1H3. The fourth-order valence-electron chi connectivity index (χ4n) is 2.06. The molecule has 58 valence electrons. The molecule has 10 heavy (non-hydrogen) atoms. The molecule has 2 fully saturated rings. The van der Waals surface area contributed by atoms with Crippen molar-refractivity contribution in [1.29, 1.82) is 0 Å². The van der Waals surface area contributed by atoms with Gasteiger partial charge >= 0.3 is 0 Å². The van der Waals surface area contributed by atoms with E-state index in [1.807, 2.05) is 0 Å². The van der Waals surface area contributed by atoms with Gasteiger partial charge in [-0.1, -0.05) is 19.8 Å². The maximum absolute atomic E-state index is 3.45. The molecule has 1 atom stereocenters. The largest absolute Gasteiger partial charge is 0.316 e. The van der Waals surface area contributed by atoms with Gasteiger partial charge in [-0.25, -0.2) is 0 Å². The van der Waals surface area contributed by atoms with Gasteiger partial charge in [-0.2, -0.15) is 0 Å². The molecule has 0 radical (unpaired) electrons. The molecule has 1 heteroatoms. The molecular formula is C9H17N. The van der Waals surface area contributed by atoms with Gasteiger partial charge in [-0.15, -0.1) is 0 Å². The van der Waals surface area contributed by atoms with Crippen LogP contribution >= 0.6 is 0 Å². The van der Waals surface area contributed by atoms with Crippen LogP contribution in [0.4, 0.5) is 0 Å². The summed E-state index contributed by atoms with van der Waals surface area (Å²) in [6, 6.07) is 0. The first kappa shape index (κ1) is 6.66. The molecule has 1 heterocycles. The molecule has 1 saturated carbocycles. The summed E-state index contributed by atoms with van der Waals surface area (Å²) in [4.78, 5) is 0. The lowest BCUT2D eigenvalue weighted by Gasteiger charge is -2.21. The molecule has 0 aromatic rings. The van der Waals surface area contributed by atoms with Crippen molar-refractivity contribution in [1.82, 2.24) is 5.32 Å². The van der Waals surface area contributed by atoms with Gasteiger partial charge in [-0.3, -0.25) is 0 Å². The summed E-state index contributed by atoms with van der Waals surface area (Å²) in [5, 5.41) is 3.45. The Hall–Kier alpha value is -0.0400. The average Bonchev–Trinajstić information content (AvgIpc) is 2.56. The third-order valence-corrected chi connectivity index (χ3v) is 2.94. The molecule has 2 aliphatic rings. The zero-order valence-corrected chi connectivity index (χ0v) is 6.82. The normalized spacial score (nSPS) is 40.5. The van der Waals surface area contributed by atoms with Crippen molar-refractivity contribution in [3.8, 4) is 0 Å². The third kappa shape index (κ3) is 1.34. The zero-order chi connectivity index (χ0) is 7.03. The summed E-state index contributed by atoms with van der Waals surface area (Å²) in [5.41, 5.74) is 0.668. The van der Waals surface area contributed by atoms with Crippen LogP contribution in [0.1, 0.15) is 32.6 Å². The SMILES string of the molecule is CC1(CC2CC2)CCNC1. The van der Waals surface area contributed by atoms with Crippen molar-refractivity contribution in [2.24, 2.45) is 11.3 Å². The van der Waals surface area contributed by atoms with E-state index in [-0.39, 0.29) is 0 Å². The Labute approximate surface area is 63.2 Å². The fourth-order valence-corrected chi connectivity index (χ4v) is 2.06. The van der Waals surface area contributed by atoms with Gasteiger partial charge in [-0.05, 0) is 30.7 Å². The van der Waals surface area contributed by atoms with Gasteiger partial charge in [0, 0.05) is 6.54 Å². The lowest BCUT2D eigenvalue weighted by molar-refractivity contribution is 0.314. The predicted molar refractivity (Wildman–Crippen MR) is 42.9 cm³/mol. The average molecular weight is 139 g/mol.